The summed E-state index contributed by atoms with van der Waals surface area (Å²) in [5, 5.41) is 0. The highest BCUT2D eigenvalue weighted by atomic mass is 16.2. The monoisotopic (exact) mass is 238 g/mol. The van der Waals surface area contributed by atoms with Gasteiger partial charge in [0, 0.05) is 32.1 Å². The molecule has 1 aliphatic heterocycles. The highest BCUT2D eigenvalue weighted by Crippen LogP contribution is 2.31. The second-order valence-corrected chi connectivity index (χ2v) is 5.04. The Morgan fingerprint density at radius 3 is 2.47 bits per heavy atom. The molecule has 1 unspecified atom stereocenters. The van der Waals surface area contributed by atoms with E-state index in [1.54, 1.807) is 0 Å². The van der Waals surface area contributed by atoms with Crippen LogP contribution < -0.4 is 0 Å². The molecule has 0 aromatic heterocycles. The lowest BCUT2D eigenvalue weighted by Crippen LogP contribution is -2.42. The maximum atomic E-state index is 12.2. The van der Waals surface area contributed by atoms with E-state index in [9.17, 15) is 9.59 Å². The molecule has 2 fully saturated rings. The third kappa shape index (κ3) is 2.31. The van der Waals surface area contributed by atoms with Crippen molar-refractivity contribution in [2.24, 2.45) is 5.92 Å². The molecule has 4 heteroatoms. The molecule has 0 radical (unpaired) electrons. The second kappa shape index (κ2) is 5.07. The second-order valence-electron chi connectivity index (χ2n) is 5.04. The van der Waals surface area contributed by atoms with Crippen molar-refractivity contribution in [1.82, 2.24) is 9.80 Å². The standard InChI is InChI=1S/C13H22N2O2/c1-3-14(4-2)13(17)10-8-12(16)15(9-10)11-6-5-7-11/h10-11H,3-9H2,1-2H3. The Hall–Kier alpha value is -1.06. The van der Waals surface area contributed by atoms with Gasteiger partial charge in [-0.3, -0.25) is 9.59 Å². The summed E-state index contributed by atoms with van der Waals surface area (Å²) in [6.07, 6.45) is 3.89. The van der Waals surface area contributed by atoms with Crippen molar-refractivity contribution in [2.45, 2.75) is 45.6 Å². The Morgan fingerprint density at radius 2 is 2.00 bits per heavy atom. The Labute approximate surface area is 103 Å². The molecule has 1 heterocycles. The van der Waals surface area contributed by atoms with Crippen LogP contribution in [0.2, 0.25) is 0 Å². The Kier molecular flexibility index (Phi) is 3.69. The minimum absolute atomic E-state index is 0.0944. The zero-order valence-electron chi connectivity index (χ0n) is 10.8. The van der Waals surface area contributed by atoms with Crippen LogP contribution in [0.3, 0.4) is 0 Å². The average molecular weight is 238 g/mol. The molecule has 0 spiro atoms. The van der Waals surface area contributed by atoms with Crippen LogP contribution in [0.15, 0.2) is 0 Å². The minimum atomic E-state index is -0.0944. The van der Waals surface area contributed by atoms with E-state index in [0.29, 0.717) is 19.0 Å². The number of rotatable bonds is 4. The summed E-state index contributed by atoms with van der Waals surface area (Å²) < 4.78 is 0. The molecule has 1 aliphatic carbocycles. The van der Waals surface area contributed by atoms with Gasteiger partial charge in [-0.25, -0.2) is 0 Å². The fraction of sp³-hybridized carbons (Fsp3) is 0.846. The van der Waals surface area contributed by atoms with E-state index in [0.717, 1.165) is 25.9 Å². The van der Waals surface area contributed by atoms with Gasteiger partial charge in [-0.1, -0.05) is 0 Å². The molecule has 1 atom stereocenters. The third-order valence-electron chi connectivity index (χ3n) is 4.10. The van der Waals surface area contributed by atoms with Gasteiger partial charge in [-0.05, 0) is 33.1 Å². The number of nitrogens with zero attached hydrogens (tertiary/aromatic N) is 2. The maximum absolute atomic E-state index is 12.2. The van der Waals surface area contributed by atoms with Gasteiger partial charge in [0.2, 0.25) is 11.8 Å². The topological polar surface area (TPSA) is 40.6 Å². The van der Waals surface area contributed by atoms with Gasteiger partial charge < -0.3 is 9.80 Å². The molecular weight excluding hydrogens is 216 g/mol. The van der Waals surface area contributed by atoms with Gasteiger partial charge in [-0.15, -0.1) is 0 Å². The summed E-state index contributed by atoms with van der Waals surface area (Å²) in [6, 6.07) is 0.428. The molecule has 96 valence electrons. The SMILES string of the molecule is CCN(CC)C(=O)C1CC(=O)N(C2CCC2)C1. The number of carbonyl (C=O) groups excluding carboxylic acids is 2. The molecule has 1 saturated heterocycles. The highest BCUT2D eigenvalue weighted by molar-refractivity contribution is 5.89. The molecular formula is C13H22N2O2. The van der Waals surface area contributed by atoms with E-state index in [2.05, 4.69) is 0 Å². The number of hydrogen-bond acceptors (Lipinski definition) is 2. The van der Waals surface area contributed by atoms with E-state index in [-0.39, 0.29) is 17.7 Å². The van der Waals surface area contributed by atoms with Crippen molar-refractivity contribution in [1.29, 1.82) is 0 Å². The quantitative estimate of drug-likeness (QED) is 0.739. The van der Waals surface area contributed by atoms with Crippen LogP contribution in [0, 0.1) is 5.92 Å². The first kappa shape index (κ1) is 12.4. The van der Waals surface area contributed by atoms with E-state index < -0.39 is 0 Å². The van der Waals surface area contributed by atoms with Crippen LogP contribution in [0.5, 0.6) is 0 Å². The Balaban J connectivity index is 1.95. The van der Waals surface area contributed by atoms with Gasteiger partial charge in [0.05, 0.1) is 5.92 Å². The lowest BCUT2D eigenvalue weighted by Gasteiger charge is -2.35. The summed E-state index contributed by atoms with van der Waals surface area (Å²) in [5.41, 5.74) is 0. The van der Waals surface area contributed by atoms with Crippen LogP contribution in [0.1, 0.15) is 39.5 Å². The normalized spacial score (nSPS) is 24.9. The zero-order valence-corrected chi connectivity index (χ0v) is 10.8. The smallest absolute Gasteiger partial charge is 0.227 e. The molecule has 4 nitrogen and oxygen atoms in total. The summed E-state index contributed by atoms with van der Waals surface area (Å²) in [4.78, 5) is 27.8. The van der Waals surface area contributed by atoms with Crippen molar-refractivity contribution >= 4 is 11.8 Å². The largest absolute Gasteiger partial charge is 0.343 e. The number of amides is 2. The number of likely N-dealkylation sites (tertiary alicyclic amines) is 1. The van der Waals surface area contributed by atoms with Crippen molar-refractivity contribution in [3.63, 3.8) is 0 Å². The molecule has 0 aromatic carbocycles. The van der Waals surface area contributed by atoms with Gasteiger partial charge in [0.1, 0.15) is 0 Å². The van der Waals surface area contributed by atoms with Crippen LogP contribution in [0.4, 0.5) is 0 Å². The fourth-order valence-electron chi connectivity index (χ4n) is 2.74. The van der Waals surface area contributed by atoms with Crippen molar-refractivity contribution in [3.8, 4) is 0 Å². The van der Waals surface area contributed by atoms with Crippen molar-refractivity contribution in [3.05, 3.63) is 0 Å². The lowest BCUT2D eigenvalue weighted by atomic mass is 9.92. The average Bonchev–Trinajstić information content (AvgIpc) is 2.60. The molecule has 0 aromatic rings. The van der Waals surface area contributed by atoms with Crippen LogP contribution in [-0.2, 0) is 9.59 Å². The first-order valence-electron chi connectivity index (χ1n) is 6.75. The fourth-order valence-corrected chi connectivity index (χ4v) is 2.74. The molecule has 2 rings (SSSR count). The number of hydrogen-bond donors (Lipinski definition) is 0. The van der Waals surface area contributed by atoms with Gasteiger partial charge >= 0.3 is 0 Å². The Morgan fingerprint density at radius 1 is 1.35 bits per heavy atom. The zero-order chi connectivity index (χ0) is 12.4. The predicted molar refractivity (Wildman–Crippen MR) is 65.4 cm³/mol. The summed E-state index contributed by atoms with van der Waals surface area (Å²) in [7, 11) is 0. The van der Waals surface area contributed by atoms with Crippen LogP contribution >= 0.6 is 0 Å². The highest BCUT2D eigenvalue weighted by Gasteiger charge is 2.40. The summed E-state index contributed by atoms with van der Waals surface area (Å²) in [5.74, 6) is 0.244. The van der Waals surface area contributed by atoms with E-state index in [1.165, 1.54) is 6.42 Å². The lowest BCUT2D eigenvalue weighted by molar-refractivity contribution is -0.135. The van der Waals surface area contributed by atoms with E-state index >= 15 is 0 Å². The minimum Gasteiger partial charge on any atom is -0.343 e. The molecule has 0 bridgehead atoms. The molecule has 17 heavy (non-hydrogen) atoms. The number of carbonyl (C=O) groups is 2. The molecule has 0 N–H and O–H groups in total. The van der Waals surface area contributed by atoms with Gasteiger partial charge in [-0.2, -0.15) is 0 Å². The predicted octanol–water partition coefficient (Wildman–Crippen LogP) is 1.26. The van der Waals surface area contributed by atoms with Gasteiger partial charge in [0.15, 0.2) is 0 Å². The van der Waals surface area contributed by atoms with Crippen molar-refractivity contribution < 1.29 is 9.59 Å². The molecule has 2 aliphatic rings. The van der Waals surface area contributed by atoms with E-state index in [4.69, 9.17) is 0 Å². The summed E-state index contributed by atoms with van der Waals surface area (Å²) >= 11 is 0. The Bertz CT molecular complexity index is 309. The first-order chi connectivity index (χ1) is 8.17. The van der Waals surface area contributed by atoms with E-state index in [1.807, 2.05) is 23.6 Å². The van der Waals surface area contributed by atoms with Gasteiger partial charge in [0.25, 0.3) is 0 Å². The van der Waals surface area contributed by atoms with Crippen LogP contribution in [-0.4, -0.2) is 47.3 Å². The molecule has 1 saturated carbocycles. The maximum Gasteiger partial charge on any atom is 0.227 e. The van der Waals surface area contributed by atoms with Crippen molar-refractivity contribution in [2.75, 3.05) is 19.6 Å². The summed E-state index contributed by atoms with van der Waals surface area (Å²) in [6.45, 7) is 6.11. The third-order valence-corrected chi connectivity index (χ3v) is 4.10. The van der Waals surface area contributed by atoms with Crippen LogP contribution in [0.25, 0.3) is 0 Å². The first-order valence-corrected chi connectivity index (χ1v) is 6.75. The molecule has 2 amide bonds.